The number of carbonyl (C=O) groups excluding carboxylic acids is 1. The summed E-state index contributed by atoms with van der Waals surface area (Å²) in [6.07, 6.45) is 2.11. The third kappa shape index (κ3) is 2.36. The monoisotopic (exact) mass is 331 g/mol. The Labute approximate surface area is 136 Å². The van der Waals surface area contributed by atoms with E-state index in [9.17, 15) is 13.6 Å². The lowest BCUT2D eigenvalue weighted by Gasteiger charge is -2.26. The number of hydrogen-bond acceptors (Lipinski definition) is 3. The molecule has 0 atom stereocenters. The number of furan rings is 1. The number of aromatic nitrogens is 2. The average molecular weight is 331 g/mol. The van der Waals surface area contributed by atoms with E-state index in [1.165, 1.54) is 12.3 Å². The second-order valence-corrected chi connectivity index (χ2v) is 5.99. The zero-order valence-electron chi connectivity index (χ0n) is 13.0. The predicted octanol–water partition coefficient (Wildman–Crippen LogP) is 2.87. The van der Waals surface area contributed by atoms with E-state index in [0.29, 0.717) is 30.5 Å². The van der Waals surface area contributed by atoms with Crippen LogP contribution < -0.4 is 0 Å². The Morgan fingerprint density at radius 1 is 1.42 bits per heavy atom. The van der Waals surface area contributed by atoms with Crippen molar-refractivity contribution in [3.05, 3.63) is 52.8 Å². The molecule has 3 aromatic rings. The molecule has 0 spiro atoms. The van der Waals surface area contributed by atoms with Crippen molar-refractivity contribution in [3.63, 3.8) is 0 Å². The van der Waals surface area contributed by atoms with Crippen molar-refractivity contribution in [3.8, 4) is 0 Å². The molecule has 1 N–H and O–H groups in total. The van der Waals surface area contributed by atoms with Crippen LogP contribution in [-0.2, 0) is 24.2 Å². The molecular formula is C17H15F2N3O2. The fraction of sp³-hybridized carbons (Fsp3) is 0.294. The molecule has 0 aliphatic carbocycles. The molecule has 3 heterocycles. The minimum absolute atomic E-state index is 0.0830. The van der Waals surface area contributed by atoms with Crippen molar-refractivity contribution >= 4 is 16.9 Å². The van der Waals surface area contributed by atoms with E-state index in [4.69, 9.17) is 4.42 Å². The summed E-state index contributed by atoms with van der Waals surface area (Å²) in [6, 6.07) is 2.48. The van der Waals surface area contributed by atoms with E-state index in [0.717, 1.165) is 23.3 Å². The smallest absolute Gasteiger partial charge is 0.227 e. The number of imidazole rings is 1. The van der Waals surface area contributed by atoms with Crippen LogP contribution in [0.5, 0.6) is 0 Å². The van der Waals surface area contributed by atoms with Crippen molar-refractivity contribution in [1.29, 1.82) is 0 Å². The second kappa shape index (κ2) is 5.43. The average Bonchev–Trinajstić information content (AvgIpc) is 3.13. The SMILES string of the molecule is Cc1nc2c([nH]1)CN(C(=O)Cc1coc3c(F)c(F)ccc13)CC2. The van der Waals surface area contributed by atoms with Crippen molar-refractivity contribution < 1.29 is 18.0 Å². The molecule has 0 unspecified atom stereocenters. The van der Waals surface area contributed by atoms with Gasteiger partial charge in [-0.05, 0) is 19.1 Å². The topological polar surface area (TPSA) is 62.1 Å². The normalized spacial score (nSPS) is 14.2. The van der Waals surface area contributed by atoms with Crippen molar-refractivity contribution in [1.82, 2.24) is 14.9 Å². The first-order chi connectivity index (χ1) is 11.5. The highest BCUT2D eigenvalue weighted by Gasteiger charge is 2.24. The highest BCUT2D eigenvalue weighted by atomic mass is 19.2. The van der Waals surface area contributed by atoms with E-state index in [1.54, 1.807) is 4.90 Å². The molecule has 1 amide bonds. The van der Waals surface area contributed by atoms with E-state index in [1.807, 2.05) is 6.92 Å². The highest BCUT2D eigenvalue weighted by molar-refractivity contribution is 5.88. The predicted molar refractivity (Wildman–Crippen MR) is 82.3 cm³/mol. The number of benzene rings is 1. The molecule has 1 aromatic carbocycles. The summed E-state index contributed by atoms with van der Waals surface area (Å²) in [6.45, 7) is 2.96. The minimum atomic E-state index is -1.03. The van der Waals surface area contributed by atoms with Crippen molar-refractivity contribution in [2.75, 3.05) is 6.54 Å². The number of fused-ring (bicyclic) bond motifs is 2. The highest BCUT2D eigenvalue weighted by Crippen LogP contribution is 2.26. The Morgan fingerprint density at radius 3 is 3.08 bits per heavy atom. The minimum Gasteiger partial charge on any atom is -0.461 e. The molecule has 24 heavy (non-hydrogen) atoms. The zero-order valence-corrected chi connectivity index (χ0v) is 13.0. The number of H-pyrrole nitrogens is 1. The summed E-state index contributed by atoms with van der Waals surface area (Å²) < 4.78 is 32.0. The second-order valence-electron chi connectivity index (χ2n) is 5.99. The maximum atomic E-state index is 13.7. The van der Waals surface area contributed by atoms with Crippen LogP contribution in [0.2, 0.25) is 0 Å². The van der Waals surface area contributed by atoms with Gasteiger partial charge >= 0.3 is 0 Å². The molecule has 0 bridgehead atoms. The summed E-state index contributed by atoms with van der Waals surface area (Å²) in [5, 5.41) is 0.428. The van der Waals surface area contributed by atoms with E-state index < -0.39 is 11.6 Å². The van der Waals surface area contributed by atoms with E-state index in [2.05, 4.69) is 9.97 Å². The standard InChI is InChI=1S/C17H15F2N3O2/c1-9-20-13-4-5-22(7-14(13)21-9)15(23)6-10-8-24-17-11(10)2-3-12(18)16(17)19/h2-3,8H,4-7H2,1H3,(H,20,21). The maximum absolute atomic E-state index is 13.7. The van der Waals surface area contributed by atoms with Gasteiger partial charge in [-0.15, -0.1) is 0 Å². The van der Waals surface area contributed by atoms with Crippen LogP contribution in [0, 0.1) is 18.6 Å². The van der Waals surface area contributed by atoms with Gasteiger partial charge in [0, 0.05) is 23.9 Å². The van der Waals surface area contributed by atoms with Gasteiger partial charge in [-0.25, -0.2) is 9.37 Å². The number of nitrogens with one attached hydrogen (secondary N) is 1. The number of rotatable bonds is 2. The van der Waals surface area contributed by atoms with Gasteiger partial charge in [-0.1, -0.05) is 0 Å². The van der Waals surface area contributed by atoms with Crippen LogP contribution in [0.1, 0.15) is 22.8 Å². The van der Waals surface area contributed by atoms with Crippen LogP contribution in [0.3, 0.4) is 0 Å². The molecule has 1 aliphatic heterocycles. The Hall–Kier alpha value is -2.70. The molecule has 0 radical (unpaired) electrons. The number of nitrogens with zero attached hydrogens (tertiary/aromatic N) is 2. The molecule has 0 saturated heterocycles. The summed E-state index contributed by atoms with van der Waals surface area (Å²) in [5.41, 5.74) is 2.36. The van der Waals surface area contributed by atoms with Crippen molar-refractivity contribution in [2.45, 2.75) is 26.3 Å². The lowest BCUT2D eigenvalue weighted by atomic mass is 10.1. The zero-order chi connectivity index (χ0) is 16.8. The fourth-order valence-corrected chi connectivity index (χ4v) is 3.15. The first-order valence-corrected chi connectivity index (χ1v) is 7.69. The third-order valence-corrected chi connectivity index (χ3v) is 4.36. The Morgan fingerprint density at radius 2 is 2.25 bits per heavy atom. The summed E-state index contributed by atoms with van der Waals surface area (Å²) >= 11 is 0. The van der Waals surface area contributed by atoms with Crippen LogP contribution in [0.25, 0.3) is 11.0 Å². The molecule has 4 rings (SSSR count). The van der Waals surface area contributed by atoms with Gasteiger partial charge in [0.25, 0.3) is 0 Å². The Balaban J connectivity index is 1.56. The molecule has 7 heteroatoms. The molecule has 0 fully saturated rings. The molecule has 5 nitrogen and oxygen atoms in total. The van der Waals surface area contributed by atoms with Crippen LogP contribution in [0.4, 0.5) is 8.78 Å². The lowest BCUT2D eigenvalue weighted by Crippen LogP contribution is -2.36. The third-order valence-electron chi connectivity index (χ3n) is 4.36. The molecule has 124 valence electrons. The van der Waals surface area contributed by atoms with Crippen LogP contribution in [-0.4, -0.2) is 27.3 Å². The van der Waals surface area contributed by atoms with Crippen LogP contribution in [0.15, 0.2) is 22.8 Å². The number of halogens is 2. The number of carbonyl (C=O) groups is 1. The largest absolute Gasteiger partial charge is 0.461 e. The van der Waals surface area contributed by atoms with Gasteiger partial charge < -0.3 is 14.3 Å². The van der Waals surface area contributed by atoms with Gasteiger partial charge in [0.05, 0.1) is 30.6 Å². The van der Waals surface area contributed by atoms with Crippen molar-refractivity contribution in [2.24, 2.45) is 0 Å². The van der Waals surface area contributed by atoms with E-state index in [-0.39, 0.29) is 17.9 Å². The van der Waals surface area contributed by atoms with Gasteiger partial charge in [0.1, 0.15) is 5.82 Å². The van der Waals surface area contributed by atoms with Gasteiger partial charge in [-0.2, -0.15) is 4.39 Å². The first-order valence-electron chi connectivity index (χ1n) is 7.69. The van der Waals surface area contributed by atoms with Gasteiger partial charge in [-0.3, -0.25) is 4.79 Å². The Bertz CT molecular complexity index is 945. The molecule has 2 aromatic heterocycles. The summed E-state index contributed by atoms with van der Waals surface area (Å²) in [5.74, 6) is -1.23. The first kappa shape index (κ1) is 14.9. The van der Waals surface area contributed by atoms with Crippen LogP contribution >= 0.6 is 0 Å². The molecule has 0 saturated carbocycles. The number of aromatic amines is 1. The van der Waals surface area contributed by atoms with Gasteiger partial charge in [0.2, 0.25) is 11.7 Å². The number of hydrogen-bond donors (Lipinski definition) is 1. The fourth-order valence-electron chi connectivity index (χ4n) is 3.15. The quantitative estimate of drug-likeness (QED) is 0.785. The molecular weight excluding hydrogens is 316 g/mol. The summed E-state index contributed by atoms with van der Waals surface area (Å²) in [7, 11) is 0. The Kier molecular flexibility index (Phi) is 3.37. The number of aryl methyl sites for hydroxylation is 1. The maximum Gasteiger partial charge on any atom is 0.227 e. The summed E-state index contributed by atoms with van der Waals surface area (Å²) in [4.78, 5) is 21.9. The number of amides is 1. The lowest BCUT2D eigenvalue weighted by molar-refractivity contribution is -0.131. The van der Waals surface area contributed by atoms with Gasteiger partial charge in [0.15, 0.2) is 11.4 Å². The van der Waals surface area contributed by atoms with E-state index >= 15 is 0 Å². The molecule has 1 aliphatic rings.